The first kappa shape index (κ1) is 16.8. The third-order valence-corrected chi connectivity index (χ3v) is 3.19. The fourth-order valence-electron chi connectivity index (χ4n) is 2.09. The maximum absolute atomic E-state index is 12.4. The van der Waals surface area contributed by atoms with Gasteiger partial charge in [-0.3, -0.25) is 4.79 Å². The highest BCUT2D eigenvalue weighted by Gasteiger charge is 2.41. The van der Waals surface area contributed by atoms with Gasteiger partial charge in [-0.2, -0.15) is 13.2 Å². The minimum Gasteiger partial charge on any atom is -0.467 e. The van der Waals surface area contributed by atoms with Gasteiger partial charge >= 0.3 is 18.1 Å². The Balaban J connectivity index is 2.24. The van der Waals surface area contributed by atoms with E-state index in [9.17, 15) is 22.8 Å². The third-order valence-electron chi connectivity index (χ3n) is 3.19. The summed E-state index contributed by atoms with van der Waals surface area (Å²) in [6.45, 7) is 1.83. The Morgan fingerprint density at radius 3 is 2.70 bits per heavy atom. The largest absolute Gasteiger partial charge is 0.471 e. The van der Waals surface area contributed by atoms with Crippen LogP contribution in [0.15, 0.2) is 24.5 Å². The van der Waals surface area contributed by atoms with Crippen molar-refractivity contribution in [3.05, 3.63) is 35.8 Å². The second-order valence-electron chi connectivity index (χ2n) is 4.91. The van der Waals surface area contributed by atoms with E-state index in [4.69, 9.17) is 0 Å². The molecule has 0 fully saturated rings. The summed E-state index contributed by atoms with van der Waals surface area (Å²) in [5, 5.41) is 1.63. The van der Waals surface area contributed by atoms with Gasteiger partial charge in [-0.15, -0.1) is 0 Å². The first-order valence-corrected chi connectivity index (χ1v) is 6.61. The molecular formula is C14H14F3N3O3. The van der Waals surface area contributed by atoms with Crippen LogP contribution in [-0.2, 0) is 20.7 Å². The summed E-state index contributed by atoms with van der Waals surface area (Å²) in [5.74, 6) is -3.18. The molecule has 2 heterocycles. The molecule has 124 valence electrons. The van der Waals surface area contributed by atoms with Gasteiger partial charge in [-0.05, 0) is 18.6 Å². The normalized spacial score (nSPS) is 12.9. The minimum absolute atomic E-state index is 0.213. The van der Waals surface area contributed by atoms with Crippen molar-refractivity contribution < 1.29 is 27.5 Å². The van der Waals surface area contributed by atoms with E-state index in [1.54, 1.807) is 28.2 Å². The summed E-state index contributed by atoms with van der Waals surface area (Å²) in [7, 11) is 1.03. The molecule has 1 amide bonds. The SMILES string of the molecule is COC(=O)[C@H](Cc1cn2cccc(C)c2n1)NC(=O)C(F)(F)F. The standard InChI is InChI=1S/C14H14F3N3O3/c1-8-4-3-5-20-7-9(18-11(8)20)6-10(12(21)23-2)19-13(22)14(15,16)17/h3-5,7,10H,6H2,1-2H3,(H,19,22)/t10-/m0/s1. The molecule has 0 bridgehead atoms. The van der Waals surface area contributed by atoms with Crippen molar-refractivity contribution in [2.24, 2.45) is 0 Å². The topological polar surface area (TPSA) is 72.7 Å². The van der Waals surface area contributed by atoms with E-state index in [1.165, 1.54) is 0 Å². The highest BCUT2D eigenvalue weighted by atomic mass is 19.4. The third kappa shape index (κ3) is 3.79. The van der Waals surface area contributed by atoms with E-state index in [-0.39, 0.29) is 6.42 Å². The van der Waals surface area contributed by atoms with E-state index in [1.807, 2.05) is 13.0 Å². The molecule has 23 heavy (non-hydrogen) atoms. The predicted octanol–water partition coefficient (Wildman–Crippen LogP) is 1.41. The molecule has 6 nitrogen and oxygen atoms in total. The molecule has 2 aromatic heterocycles. The van der Waals surface area contributed by atoms with Gasteiger partial charge in [0, 0.05) is 18.8 Å². The van der Waals surface area contributed by atoms with E-state index in [0.717, 1.165) is 12.7 Å². The Kier molecular flexibility index (Phi) is 4.57. The van der Waals surface area contributed by atoms with Crippen LogP contribution < -0.4 is 5.32 Å². The van der Waals surface area contributed by atoms with Crippen LogP contribution in [0.1, 0.15) is 11.3 Å². The molecule has 0 unspecified atom stereocenters. The average molecular weight is 329 g/mol. The Morgan fingerprint density at radius 1 is 1.43 bits per heavy atom. The fourth-order valence-corrected chi connectivity index (χ4v) is 2.09. The van der Waals surface area contributed by atoms with Crippen molar-refractivity contribution in [3.8, 4) is 0 Å². The maximum atomic E-state index is 12.4. The van der Waals surface area contributed by atoms with E-state index < -0.39 is 24.1 Å². The molecule has 0 spiro atoms. The number of ether oxygens (including phenoxy) is 1. The Labute approximate surface area is 129 Å². The fraction of sp³-hybridized carbons (Fsp3) is 0.357. The lowest BCUT2D eigenvalue weighted by Gasteiger charge is -2.16. The van der Waals surface area contributed by atoms with Gasteiger partial charge in [0.1, 0.15) is 11.7 Å². The van der Waals surface area contributed by atoms with Crippen molar-refractivity contribution in [3.63, 3.8) is 0 Å². The number of esters is 1. The van der Waals surface area contributed by atoms with Crippen LogP contribution in [0.4, 0.5) is 13.2 Å². The number of aromatic nitrogens is 2. The molecule has 0 saturated heterocycles. The van der Waals surface area contributed by atoms with Crippen molar-refractivity contribution in [2.45, 2.75) is 25.6 Å². The number of fused-ring (bicyclic) bond motifs is 1. The number of nitrogens with one attached hydrogen (secondary N) is 1. The van der Waals surface area contributed by atoms with Gasteiger partial charge < -0.3 is 14.5 Å². The van der Waals surface area contributed by atoms with E-state index >= 15 is 0 Å². The van der Waals surface area contributed by atoms with Crippen LogP contribution in [-0.4, -0.2) is 40.6 Å². The molecule has 0 aliphatic heterocycles. The molecule has 0 aliphatic rings. The van der Waals surface area contributed by atoms with Crippen LogP contribution in [0.25, 0.3) is 5.65 Å². The van der Waals surface area contributed by atoms with Gasteiger partial charge in [0.15, 0.2) is 0 Å². The summed E-state index contributed by atoms with van der Waals surface area (Å²) in [4.78, 5) is 26.9. The van der Waals surface area contributed by atoms with Crippen LogP contribution in [0.2, 0.25) is 0 Å². The highest BCUT2D eigenvalue weighted by molar-refractivity contribution is 5.87. The molecule has 0 aliphatic carbocycles. The van der Waals surface area contributed by atoms with Crippen molar-refractivity contribution in [2.75, 3.05) is 7.11 Å². The monoisotopic (exact) mass is 329 g/mol. The number of amides is 1. The number of alkyl halides is 3. The quantitative estimate of drug-likeness (QED) is 0.861. The lowest BCUT2D eigenvalue weighted by Crippen LogP contribution is -2.48. The molecule has 9 heteroatoms. The maximum Gasteiger partial charge on any atom is 0.471 e. The number of halogens is 3. The Hall–Kier alpha value is -2.58. The number of pyridine rings is 1. The minimum atomic E-state index is -5.08. The number of hydrogen-bond acceptors (Lipinski definition) is 4. The number of methoxy groups -OCH3 is 1. The smallest absolute Gasteiger partial charge is 0.467 e. The summed E-state index contributed by atoms with van der Waals surface area (Å²) >= 11 is 0. The summed E-state index contributed by atoms with van der Waals surface area (Å²) in [6.07, 6.45) is -1.99. The van der Waals surface area contributed by atoms with Crippen LogP contribution in [0.5, 0.6) is 0 Å². The van der Waals surface area contributed by atoms with Gasteiger partial charge in [0.05, 0.1) is 12.8 Å². The number of imidazole rings is 1. The molecule has 0 saturated carbocycles. The molecule has 2 rings (SSSR count). The number of aryl methyl sites for hydroxylation is 1. The lowest BCUT2D eigenvalue weighted by molar-refractivity contribution is -0.175. The number of nitrogens with zero attached hydrogens (tertiary/aromatic N) is 2. The average Bonchev–Trinajstić information content (AvgIpc) is 2.88. The molecule has 1 N–H and O–H groups in total. The molecular weight excluding hydrogens is 315 g/mol. The Bertz CT molecular complexity index is 740. The number of hydrogen-bond donors (Lipinski definition) is 1. The van der Waals surface area contributed by atoms with Gasteiger partial charge in [-0.1, -0.05) is 6.07 Å². The number of rotatable bonds is 4. The summed E-state index contributed by atoms with van der Waals surface area (Å²) in [5.41, 5.74) is 1.85. The zero-order chi connectivity index (χ0) is 17.2. The van der Waals surface area contributed by atoms with Crippen molar-refractivity contribution in [1.82, 2.24) is 14.7 Å². The summed E-state index contributed by atoms with van der Waals surface area (Å²) < 4.78 is 43.2. The van der Waals surface area contributed by atoms with Crippen LogP contribution in [0.3, 0.4) is 0 Å². The number of carbonyl (C=O) groups excluding carboxylic acids is 2. The van der Waals surface area contributed by atoms with Crippen LogP contribution in [0, 0.1) is 6.92 Å². The molecule has 1 atom stereocenters. The highest BCUT2D eigenvalue weighted by Crippen LogP contribution is 2.16. The van der Waals surface area contributed by atoms with Crippen molar-refractivity contribution >= 4 is 17.5 Å². The second-order valence-corrected chi connectivity index (χ2v) is 4.91. The molecule has 0 radical (unpaired) electrons. The zero-order valence-corrected chi connectivity index (χ0v) is 12.3. The zero-order valence-electron chi connectivity index (χ0n) is 12.3. The second kappa shape index (κ2) is 6.27. The first-order valence-electron chi connectivity index (χ1n) is 6.61. The lowest BCUT2D eigenvalue weighted by atomic mass is 10.1. The molecule has 0 aromatic carbocycles. The summed E-state index contributed by atoms with van der Waals surface area (Å²) in [6, 6.07) is 2.14. The van der Waals surface area contributed by atoms with Crippen LogP contribution >= 0.6 is 0 Å². The predicted molar refractivity (Wildman–Crippen MR) is 73.6 cm³/mol. The van der Waals surface area contributed by atoms with E-state index in [2.05, 4.69) is 9.72 Å². The van der Waals surface area contributed by atoms with Crippen molar-refractivity contribution in [1.29, 1.82) is 0 Å². The van der Waals surface area contributed by atoms with Gasteiger partial charge in [-0.25, -0.2) is 9.78 Å². The van der Waals surface area contributed by atoms with Gasteiger partial charge in [0.25, 0.3) is 0 Å². The molecule has 2 aromatic rings. The van der Waals surface area contributed by atoms with Gasteiger partial charge in [0.2, 0.25) is 0 Å². The first-order chi connectivity index (χ1) is 10.7. The van der Waals surface area contributed by atoms with E-state index in [0.29, 0.717) is 11.3 Å². The number of carbonyl (C=O) groups is 2. The Morgan fingerprint density at radius 2 is 2.13 bits per heavy atom.